The van der Waals surface area contributed by atoms with Gasteiger partial charge in [0.05, 0.1) is 10.2 Å². The number of hydrogen-bond donors (Lipinski definition) is 1. The summed E-state index contributed by atoms with van der Waals surface area (Å²) < 4.78 is 14.4. The molecule has 0 fully saturated rings. The Balaban J connectivity index is 2.04. The summed E-state index contributed by atoms with van der Waals surface area (Å²) in [6, 6.07) is 6.72. The van der Waals surface area contributed by atoms with Gasteiger partial charge in [-0.3, -0.25) is 0 Å². The molecule has 6 heteroatoms. The molecule has 1 aromatic carbocycles. The minimum atomic E-state index is -0.209. The van der Waals surface area contributed by atoms with Crippen molar-refractivity contribution in [1.82, 2.24) is 9.97 Å². The van der Waals surface area contributed by atoms with Crippen LogP contribution in [-0.4, -0.2) is 16.5 Å². The molecule has 0 radical (unpaired) electrons. The standard InChI is InChI=1S/C14H15BrFN3S/c1-2-7-17-14-10(15)8-18-13(19-14)9-20-12-6-4-3-5-11(12)16/h3-6,8H,2,7,9H2,1H3,(H,17,18,19). The zero-order valence-corrected chi connectivity index (χ0v) is 13.5. The van der Waals surface area contributed by atoms with Crippen molar-refractivity contribution in [1.29, 1.82) is 0 Å². The fourth-order valence-corrected chi connectivity index (χ4v) is 2.68. The van der Waals surface area contributed by atoms with E-state index in [2.05, 4.69) is 38.1 Å². The van der Waals surface area contributed by atoms with Gasteiger partial charge in [-0.1, -0.05) is 19.1 Å². The summed E-state index contributed by atoms with van der Waals surface area (Å²) in [6.45, 7) is 2.95. The second-order valence-corrected chi connectivity index (χ2v) is 6.00. The molecule has 0 aliphatic rings. The van der Waals surface area contributed by atoms with Gasteiger partial charge in [0.25, 0.3) is 0 Å². The Hall–Kier alpha value is -1.14. The van der Waals surface area contributed by atoms with E-state index in [4.69, 9.17) is 0 Å². The van der Waals surface area contributed by atoms with E-state index >= 15 is 0 Å². The fraction of sp³-hybridized carbons (Fsp3) is 0.286. The molecule has 3 nitrogen and oxygen atoms in total. The average Bonchev–Trinajstić information content (AvgIpc) is 2.46. The van der Waals surface area contributed by atoms with Crippen LogP contribution in [0.3, 0.4) is 0 Å². The second kappa shape index (κ2) is 7.59. The SMILES string of the molecule is CCCNc1nc(CSc2ccccc2F)ncc1Br. The lowest BCUT2D eigenvalue weighted by Gasteiger charge is -2.08. The Morgan fingerprint density at radius 2 is 2.15 bits per heavy atom. The maximum atomic E-state index is 13.5. The van der Waals surface area contributed by atoms with E-state index in [9.17, 15) is 4.39 Å². The van der Waals surface area contributed by atoms with Crippen LogP contribution in [0.1, 0.15) is 19.2 Å². The molecule has 0 aliphatic heterocycles. The minimum absolute atomic E-state index is 0.209. The molecule has 20 heavy (non-hydrogen) atoms. The van der Waals surface area contributed by atoms with Gasteiger partial charge in [0, 0.05) is 17.6 Å². The molecule has 0 spiro atoms. The maximum Gasteiger partial charge on any atom is 0.144 e. The van der Waals surface area contributed by atoms with Crippen molar-refractivity contribution >= 4 is 33.5 Å². The van der Waals surface area contributed by atoms with E-state index < -0.39 is 0 Å². The Kier molecular flexibility index (Phi) is 5.79. The molecule has 1 heterocycles. The molecule has 0 aliphatic carbocycles. The third kappa shape index (κ3) is 4.18. The van der Waals surface area contributed by atoms with Crippen molar-refractivity contribution in [2.75, 3.05) is 11.9 Å². The van der Waals surface area contributed by atoms with Crippen molar-refractivity contribution < 1.29 is 4.39 Å². The van der Waals surface area contributed by atoms with Gasteiger partial charge in [-0.2, -0.15) is 0 Å². The van der Waals surface area contributed by atoms with Crippen LogP contribution < -0.4 is 5.32 Å². The highest BCUT2D eigenvalue weighted by Crippen LogP contribution is 2.25. The first-order valence-electron chi connectivity index (χ1n) is 6.33. The van der Waals surface area contributed by atoms with E-state index in [1.807, 2.05) is 6.07 Å². The summed E-state index contributed by atoms with van der Waals surface area (Å²) in [4.78, 5) is 9.31. The molecule has 2 rings (SSSR count). The molecular weight excluding hydrogens is 341 g/mol. The number of aromatic nitrogens is 2. The van der Waals surface area contributed by atoms with Gasteiger partial charge in [0.15, 0.2) is 0 Å². The van der Waals surface area contributed by atoms with Crippen molar-refractivity contribution in [2.45, 2.75) is 24.0 Å². The number of anilines is 1. The summed E-state index contributed by atoms with van der Waals surface area (Å²) in [5, 5.41) is 3.23. The topological polar surface area (TPSA) is 37.8 Å². The number of rotatable bonds is 6. The van der Waals surface area contributed by atoms with Crippen LogP contribution in [0.15, 0.2) is 39.8 Å². The smallest absolute Gasteiger partial charge is 0.144 e. The Morgan fingerprint density at radius 1 is 1.35 bits per heavy atom. The maximum absolute atomic E-state index is 13.5. The van der Waals surface area contributed by atoms with Crippen LogP contribution in [0.5, 0.6) is 0 Å². The Morgan fingerprint density at radius 3 is 2.90 bits per heavy atom. The zero-order valence-electron chi connectivity index (χ0n) is 11.1. The van der Waals surface area contributed by atoms with Gasteiger partial charge < -0.3 is 5.32 Å². The fourth-order valence-electron chi connectivity index (χ4n) is 1.54. The molecule has 1 aromatic heterocycles. The van der Waals surface area contributed by atoms with E-state index in [-0.39, 0.29) is 5.82 Å². The van der Waals surface area contributed by atoms with E-state index in [1.54, 1.807) is 18.3 Å². The van der Waals surface area contributed by atoms with Gasteiger partial charge >= 0.3 is 0 Å². The van der Waals surface area contributed by atoms with Crippen molar-refractivity contribution in [3.63, 3.8) is 0 Å². The number of benzene rings is 1. The van der Waals surface area contributed by atoms with Crippen LogP contribution >= 0.6 is 27.7 Å². The second-order valence-electron chi connectivity index (χ2n) is 4.13. The molecule has 0 saturated heterocycles. The predicted octanol–water partition coefficient (Wildman–Crippen LogP) is 4.49. The first-order chi connectivity index (χ1) is 9.70. The van der Waals surface area contributed by atoms with Crippen molar-refractivity contribution in [3.8, 4) is 0 Å². The molecule has 0 bridgehead atoms. The van der Waals surface area contributed by atoms with Crippen LogP contribution in [0.4, 0.5) is 10.2 Å². The third-order valence-electron chi connectivity index (χ3n) is 2.53. The lowest BCUT2D eigenvalue weighted by atomic mass is 10.3. The quantitative estimate of drug-likeness (QED) is 0.774. The summed E-state index contributed by atoms with van der Waals surface area (Å²) >= 11 is 4.81. The average molecular weight is 356 g/mol. The van der Waals surface area contributed by atoms with Gasteiger partial charge in [0.2, 0.25) is 0 Å². The summed E-state index contributed by atoms with van der Waals surface area (Å²) in [6.07, 6.45) is 2.75. The molecular formula is C14H15BrFN3S. The van der Waals surface area contributed by atoms with E-state index in [0.717, 1.165) is 23.3 Å². The van der Waals surface area contributed by atoms with Gasteiger partial charge in [0.1, 0.15) is 17.5 Å². The van der Waals surface area contributed by atoms with Gasteiger partial charge in [-0.15, -0.1) is 11.8 Å². The lowest BCUT2D eigenvalue weighted by molar-refractivity contribution is 0.602. The third-order valence-corrected chi connectivity index (χ3v) is 4.15. The monoisotopic (exact) mass is 355 g/mol. The predicted molar refractivity (Wildman–Crippen MR) is 84.5 cm³/mol. The number of thioether (sulfide) groups is 1. The summed E-state index contributed by atoms with van der Waals surface area (Å²) in [7, 11) is 0. The van der Waals surface area contributed by atoms with Crippen molar-refractivity contribution in [3.05, 3.63) is 46.6 Å². The molecule has 2 aromatic rings. The first-order valence-corrected chi connectivity index (χ1v) is 8.11. The molecule has 0 saturated carbocycles. The van der Waals surface area contributed by atoms with Gasteiger partial charge in [-0.05, 0) is 34.5 Å². The first kappa shape index (κ1) is 15.3. The molecule has 106 valence electrons. The lowest BCUT2D eigenvalue weighted by Crippen LogP contribution is -2.05. The van der Waals surface area contributed by atoms with Gasteiger partial charge in [-0.25, -0.2) is 14.4 Å². The summed E-state index contributed by atoms with van der Waals surface area (Å²) in [5.74, 6) is 1.79. The van der Waals surface area contributed by atoms with Crippen molar-refractivity contribution in [2.24, 2.45) is 0 Å². The van der Waals surface area contributed by atoms with E-state index in [1.165, 1.54) is 17.8 Å². The largest absolute Gasteiger partial charge is 0.369 e. The highest BCUT2D eigenvalue weighted by atomic mass is 79.9. The van der Waals surface area contributed by atoms with Crippen LogP contribution in [-0.2, 0) is 5.75 Å². The molecule has 0 amide bonds. The zero-order chi connectivity index (χ0) is 14.4. The number of nitrogens with one attached hydrogen (secondary N) is 1. The van der Waals surface area contributed by atoms with Crippen LogP contribution in [0.25, 0.3) is 0 Å². The molecule has 0 unspecified atom stereocenters. The molecule has 0 atom stereocenters. The summed E-state index contributed by atoms with van der Waals surface area (Å²) in [5.41, 5.74) is 0. The number of hydrogen-bond acceptors (Lipinski definition) is 4. The number of halogens is 2. The normalized spacial score (nSPS) is 10.6. The molecule has 1 N–H and O–H groups in total. The van der Waals surface area contributed by atoms with Crippen LogP contribution in [0.2, 0.25) is 0 Å². The Labute approximate surface area is 130 Å². The van der Waals surface area contributed by atoms with Crippen LogP contribution in [0, 0.1) is 5.82 Å². The Bertz CT molecular complexity index is 580. The minimum Gasteiger partial charge on any atom is -0.369 e. The number of nitrogens with zero attached hydrogens (tertiary/aromatic N) is 2. The van der Waals surface area contributed by atoms with E-state index in [0.29, 0.717) is 16.5 Å². The highest BCUT2D eigenvalue weighted by Gasteiger charge is 2.07. The highest BCUT2D eigenvalue weighted by molar-refractivity contribution is 9.10.